The molecular formula is C25H17N. The summed E-state index contributed by atoms with van der Waals surface area (Å²) in [5.74, 6) is 0. The van der Waals surface area contributed by atoms with Gasteiger partial charge in [-0.25, -0.2) is 0 Å². The Hall–Kier alpha value is -3.32. The van der Waals surface area contributed by atoms with Crippen LogP contribution in [-0.4, -0.2) is 0 Å². The third-order valence-corrected chi connectivity index (χ3v) is 6.05. The maximum atomic E-state index is 6.48. The van der Waals surface area contributed by atoms with Crippen molar-refractivity contribution in [3.8, 4) is 22.3 Å². The third-order valence-electron chi connectivity index (χ3n) is 6.05. The van der Waals surface area contributed by atoms with Crippen molar-refractivity contribution in [1.29, 1.82) is 0 Å². The van der Waals surface area contributed by atoms with E-state index in [-0.39, 0.29) is 5.41 Å². The quantitative estimate of drug-likeness (QED) is 0.360. The highest BCUT2D eigenvalue weighted by atomic mass is 14.6. The molecule has 1 heteroatoms. The molecule has 2 aliphatic rings. The van der Waals surface area contributed by atoms with Crippen LogP contribution in [0.25, 0.3) is 22.3 Å². The highest BCUT2D eigenvalue weighted by Gasteiger charge is 2.51. The SMILES string of the molecule is Nc1cccc2c1-c1ccccc1C21c2ccccc2-c2ccccc21. The van der Waals surface area contributed by atoms with E-state index in [9.17, 15) is 0 Å². The molecular weight excluding hydrogens is 314 g/mol. The monoisotopic (exact) mass is 331 g/mol. The van der Waals surface area contributed by atoms with E-state index >= 15 is 0 Å². The van der Waals surface area contributed by atoms with Gasteiger partial charge >= 0.3 is 0 Å². The second-order valence-corrected chi connectivity index (χ2v) is 7.16. The molecule has 0 bridgehead atoms. The number of nitrogen functional groups attached to an aromatic ring is 1. The minimum Gasteiger partial charge on any atom is -0.398 e. The van der Waals surface area contributed by atoms with Crippen molar-refractivity contribution in [3.05, 3.63) is 113 Å². The number of nitrogens with two attached hydrogens (primary N) is 1. The summed E-state index contributed by atoms with van der Waals surface area (Å²) in [6.07, 6.45) is 0. The maximum absolute atomic E-state index is 6.48. The molecule has 0 saturated heterocycles. The highest BCUT2D eigenvalue weighted by molar-refractivity contribution is 5.98. The van der Waals surface area contributed by atoms with E-state index in [0.717, 1.165) is 5.69 Å². The van der Waals surface area contributed by atoms with Gasteiger partial charge < -0.3 is 5.73 Å². The van der Waals surface area contributed by atoms with Gasteiger partial charge in [-0.05, 0) is 45.0 Å². The third kappa shape index (κ3) is 1.40. The lowest BCUT2D eigenvalue weighted by Gasteiger charge is -2.30. The fraction of sp³-hybridized carbons (Fsp3) is 0.0400. The number of fused-ring (bicyclic) bond motifs is 10. The zero-order valence-corrected chi connectivity index (χ0v) is 14.2. The van der Waals surface area contributed by atoms with Crippen LogP contribution in [0.15, 0.2) is 91.0 Å². The van der Waals surface area contributed by atoms with Crippen molar-refractivity contribution in [2.75, 3.05) is 5.73 Å². The van der Waals surface area contributed by atoms with Gasteiger partial charge in [0.1, 0.15) is 0 Å². The second kappa shape index (κ2) is 4.64. The topological polar surface area (TPSA) is 26.0 Å². The van der Waals surface area contributed by atoms with Gasteiger partial charge in [0.05, 0.1) is 5.41 Å². The molecule has 0 saturated carbocycles. The lowest BCUT2D eigenvalue weighted by Crippen LogP contribution is -2.25. The average molecular weight is 331 g/mol. The van der Waals surface area contributed by atoms with Gasteiger partial charge in [0.15, 0.2) is 0 Å². The smallest absolute Gasteiger partial charge is 0.0726 e. The summed E-state index contributed by atoms with van der Waals surface area (Å²) in [4.78, 5) is 0. The Balaban J connectivity index is 1.89. The van der Waals surface area contributed by atoms with Crippen molar-refractivity contribution in [1.82, 2.24) is 0 Å². The Morgan fingerprint density at radius 1 is 0.462 bits per heavy atom. The predicted molar refractivity (Wildman–Crippen MR) is 107 cm³/mol. The largest absolute Gasteiger partial charge is 0.398 e. The molecule has 2 N–H and O–H groups in total. The first kappa shape index (κ1) is 13.9. The standard InChI is InChI=1S/C25H17N/c26-23-15-7-14-22-24(23)18-10-3-6-13-21(18)25(22)19-11-4-1-8-16(19)17-9-2-5-12-20(17)25/h1-15H,26H2. The van der Waals surface area contributed by atoms with E-state index in [4.69, 9.17) is 5.73 Å². The normalized spacial score (nSPS) is 14.6. The molecule has 0 aromatic heterocycles. The molecule has 0 aliphatic heterocycles. The lowest BCUT2D eigenvalue weighted by molar-refractivity contribution is 0.794. The molecule has 0 amide bonds. The Kier molecular flexibility index (Phi) is 2.49. The Bertz CT molecular complexity index is 1160. The molecule has 6 rings (SSSR count). The van der Waals surface area contributed by atoms with E-state index in [1.807, 2.05) is 6.07 Å². The summed E-state index contributed by atoms with van der Waals surface area (Å²) in [7, 11) is 0. The van der Waals surface area contributed by atoms with Gasteiger partial charge in [0, 0.05) is 11.3 Å². The fourth-order valence-corrected chi connectivity index (χ4v) is 5.17. The van der Waals surface area contributed by atoms with Crippen molar-refractivity contribution < 1.29 is 0 Å². The van der Waals surface area contributed by atoms with E-state index in [2.05, 4.69) is 84.9 Å². The fourth-order valence-electron chi connectivity index (χ4n) is 5.17. The summed E-state index contributed by atoms with van der Waals surface area (Å²) < 4.78 is 0. The van der Waals surface area contributed by atoms with Crippen molar-refractivity contribution in [2.24, 2.45) is 0 Å². The maximum Gasteiger partial charge on any atom is 0.0726 e. The van der Waals surface area contributed by atoms with Gasteiger partial charge in [-0.2, -0.15) is 0 Å². The van der Waals surface area contributed by atoms with Crippen LogP contribution in [0.5, 0.6) is 0 Å². The number of rotatable bonds is 0. The number of hydrogen-bond acceptors (Lipinski definition) is 1. The van der Waals surface area contributed by atoms with Crippen molar-refractivity contribution in [2.45, 2.75) is 5.41 Å². The molecule has 122 valence electrons. The van der Waals surface area contributed by atoms with Crippen LogP contribution in [0.1, 0.15) is 22.3 Å². The highest BCUT2D eigenvalue weighted by Crippen LogP contribution is 2.63. The summed E-state index contributed by atoms with van der Waals surface area (Å²) in [5.41, 5.74) is 17.5. The zero-order valence-electron chi connectivity index (χ0n) is 14.2. The first-order valence-electron chi connectivity index (χ1n) is 9.01. The van der Waals surface area contributed by atoms with Crippen LogP contribution in [0.4, 0.5) is 5.69 Å². The van der Waals surface area contributed by atoms with E-state index in [1.165, 1.54) is 44.5 Å². The molecule has 26 heavy (non-hydrogen) atoms. The molecule has 0 radical (unpaired) electrons. The average Bonchev–Trinajstić information content (AvgIpc) is 3.16. The van der Waals surface area contributed by atoms with Crippen LogP contribution >= 0.6 is 0 Å². The van der Waals surface area contributed by atoms with Gasteiger partial charge in [-0.1, -0.05) is 84.9 Å². The van der Waals surface area contributed by atoms with Crippen LogP contribution in [-0.2, 0) is 5.41 Å². The van der Waals surface area contributed by atoms with Crippen LogP contribution in [0, 0.1) is 0 Å². The first-order chi connectivity index (χ1) is 12.8. The first-order valence-corrected chi connectivity index (χ1v) is 9.01. The Morgan fingerprint density at radius 2 is 0.923 bits per heavy atom. The predicted octanol–water partition coefficient (Wildman–Crippen LogP) is 5.61. The van der Waals surface area contributed by atoms with Gasteiger partial charge in [0.2, 0.25) is 0 Å². The number of hydrogen-bond donors (Lipinski definition) is 1. The summed E-state index contributed by atoms with van der Waals surface area (Å²) in [6.45, 7) is 0. The Labute approximate surface area is 152 Å². The molecule has 1 spiro atoms. The molecule has 4 aromatic carbocycles. The zero-order chi connectivity index (χ0) is 17.3. The van der Waals surface area contributed by atoms with Crippen molar-refractivity contribution >= 4 is 5.69 Å². The summed E-state index contributed by atoms with van der Waals surface area (Å²) in [5, 5.41) is 0. The van der Waals surface area contributed by atoms with E-state index < -0.39 is 0 Å². The minimum absolute atomic E-state index is 0.269. The van der Waals surface area contributed by atoms with Crippen LogP contribution < -0.4 is 5.73 Å². The summed E-state index contributed by atoms with van der Waals surface area (Å²) >= 11 is 0. The van der Waals surface area contributed by atoms with Crippen LogP contribution in [0.3, 0.4) is 0 Å². The molecule has 0 unspecified atom stereocenters. The minimum atomic E-state index is -0.269. The van der Waals surface area contributed by atoms with Crippen LogP contribution in [0.2, 0.25) is 0 Å². The molecule has 2 aliphatic carbocycles. The molecule has 4 aromatic rings. The van der Waals surface area contributed by atoms with Gasteiger partial charge in [0.25, 0.3) is 0 Å². The van der Waals surface area contributed by atoms with Gasteiger partial charge in [-0.3, -0.25) is 0 Å². The van der Waals surface area contributed by atoms with Gasteiger partial charge in [-0.15, -0.1) is 0 Å². The van der Waals surface area contributed by atoms with E-state index in [0.29, 0.717) is 0 Å². The number of anilines is 1. The Morgan fingerprint density at radius 3 is 1.54 bits per heavy atom. The molecule has 0 fully saturated rings. The van der Waals surface area contributed by atoms with E-state index in [1.54, 1.807) is 0 Å². The second-order valence-electron chi connectivity index (χ2n) is 7.16. The molecule has 1 nitrogen and oxygen atoms in total. The number of benzene rings is 4. The lowest BCUT2D eigenvalue weighted by atomic mass is 9.70. The van der Waals surface area contributed by atoms with Crippen molar-refractivity contribution in [3.63, 3.8) is 0 Å². The summed E-state index contributed by atoms with van der Waals surface area (Å²) in [6, 6.07) is 32.7. The molecule has 0 atom stereocenters. The molecule has 0 heterocycles.